The molecule has 0 spiro atoms. The highest BCUT2D eigenvalue weighted by atomic mass is 16.5. The van der Waals surface area contributed by atoms with E-state index in [1.54, 1.807) is 19.5 Å². The van der Waals surface area contributed by atoms with Gasteiger partial charge in [0.2, 0.25) is 5.91 Å². The Labute approximate surface area is 117 Å². The molecule has 20 heavy (non-hydrogen) atoms. The largest absolute Gasteiger partial charge is 0.489 e. The molecule has 0 saturated heterocycles. The van der Waals surface area contributed by atoms with E-state index in [1.165, 1.54) is 0 Å². The lowest BCUT2D eigenvalue weighted by molar-refractivity contribution is -0.122. The van der Waals surface area contributed by atoms with Crippen LogP contribution < -0.4 is 16.2 Å². The maximum atomic E-state index is 11.2. The Morgan fingerprint density at radius 2 is 1.95 bits per heavy atom. The minimum Gasteiger partial charge on any atom is -0.489 e. The molecule has 1 amide bonds. The highest BCUT2D eigenvalue weighted by molar-refractivity contribution is 5.84. The highest BCUT2D eigenvalue weighted by Crippen LogP contribution is 2.17. The topological polar surface area (TPSA) is 91.5 Å². The first-order valence-corrected chi connectivity index (χ1v) is 6.29. The van der Waals surface area contributed by atoms with Crippen molar-refractivity contribution in [2.24, 2.45) is 11.5 Å². The van der Waals surface area contributed by atoms with Gasteiger partial charge in [0.15, 0.2) is 0 Å². The Morgan fingerprint density at radius 1 is 1.25 bits per heavy atom. The number of carbonyl (C=O) groups is 1. The van der Waals surface area contributed by atoms with Crippen LogP contribution in [0.2, 0.25) is 0 Å². The second-order valence-electron chi connectivity index (χ2n) is 5.02. The maximum Gasteiger partial charge on any atom is 0.237 e. The van der Waals surface area contributed by atoms with Crippen LogP contribution in [0.1, 0.15) is 18.1 Å². The van der Waals surface area contributed by atoms with Gasteiger partial charge in [0.25, 0.3) is 0 Å². The molecule has 1 unspecified atom stereocenters. The van der Waals surface area contributed by atoms with Crippen molar-refractivity contribution in [1.82, 2.24) is 0 Å². The van der Waals surface area contributed by atoms with E-state index < -0.39 is 11.4 Å². The van der Waals surface area contributed by atoms with E-state index in [1.807, 2.05) is 30.3 Å². The molecule has 5 heteroatoms. The molecule has 5 nitrogen and oxygen atoms in total. The molecular weight excluding hydrogens is 256 g/mol. The number of carbonyl (C=O) groups excluding carboxylic acids is 1. The summed E-state index contributed by atoms with van der Waals surface area (Å²) >= 11 is 0. The number of amides is 1. The van der Waals surface area contributed by atoms with Gasteiger partial charge in [0.05, 0.1) is 18.1 Å². The van der Waals surface area contributed by atoms with Gasteiger partial charge in [0, 0.05) is 5.56 Å². The van der Waals surface area contributed by atoms with Crippen molar-refractivity contribution >= 4 is 5.91 Å². The monoisotopic (exact) mass is 274 g/mol. The highest BCUT2D eigenvalue weighted by Gasteiger charge is 2.25. The molecular formula is C15H18N2O3. The zero-order chi connectivity index (χ0) is 14.6. The number of benzene rings is 1. The van der Waals surface area contributed by atoms with Crippen LogP contribution in [0, 0.1) is 0 Å². The fourth-order valence-electron chi connectivity index (χ4n) is 1.76. The van der Waals surface area contributed by atoms with E-state index in [4.69, 9.17) is 20.6 Å². The second kappa shape index (κ2) is 5.79. The quantitative estimate of drug-likeness (QED) is 0.837. The SMILES string of the molecule is CC(N)(Cc1ccc(OCc2ccoc2)cc1)C(N)=O. The van der Waals surface area contributed by atoms with Crippen LogP contribution in [-0.2, 0) is 17.8 Å². The number of hydrogen-bond donors (Lipinski definition) is 2. The Hall–Kier alpha value is -2.27. The third kappa shape index (κ3) is 3.61. The van der Waals surface area contributed by atoms with Crippen molar-refractivity contribution in [2.45, 2.75) is 25.5 Å². The van der Waals surface area contributed by atoms with Crippen LogP contribution in [0.15, 0.2) is 47.3 Å². The lowest BCUT2D eigenvalue weighted by Crippen LogP contribution is -2.51. The Bertz CT molecular complexity index is 559. The first-order valence-electron chi connectivity index (χ1n) is 6.29. The Balaban J connectivity index is 1.94. The van der Waals surface area contributed by atoms with Crippen LogP contribution in [0.4, 0.5) is 0 Å². The molecule has 1 aromatic carbocycles. The van der Waals surface area contributed by atoms with Crippen LogP contribution >= 0.6 is 0 Å². The second-order valence-corrected chi connectivity index (χ2v) is 5.02. The van der Waals surface area contributed by atoms with Gasteiger partial charge in [-0.1, -0.05) is 12.1 Å². The first-order chi connectivity index (χ1) is 9.47. The van der Waals surface area contributed by atoms with E-state index >= 15 is 0 Å². The number of rotatable bonds is 6. The van der Waals surface area contributed by atoms with Gasteiger partial charge in [-0.2, -0.15) is 0 Å². The van der Waals surface area contributed by atoms with Crippen molar-refractivity contribution in [1.29, 1.82) is 0 Å². The Morgan fingerprint density at radius 3 is 2.50 bits per heavy atom. The summed E-state index contributed by atoms with van der Waals surface area (Å²) in [7, 11) is 0. The van der Waals surface area contributed by atoms with Crippen molar-refractivity contribution in [3.8, 4) is 5.75 Å². The molecule has 4 N–H and O–H groups in total. The Kier molecular flexibility index (Phi) is 4.10. The van der Waals surface area contributed by atoms with Gasteiger partial charge >= 0.3 is 0 Å². The van der Waals surface area contributed by atoms with E-state index in [0.29, 0.717) is 13.0 Å². The van der Waals surface area contributed by atoms with Crippen LogP contribution in [-0.4, -0.2) is 11.4 Å². The molecule has 2 rings (SSSR count). The van der Waals surface area contributed by atoms with Crippen LogP contribution in [0.3, 0.4) is 0 Å². The van der Waals surface area contributed by atoms with Gasteiger partial charge in [-0.15, -0.1) is 0 Å². The summed E-state index contributed by atoms with van der Waals surface area (Å²) in [5, 5.41) is 0. The molecule has 0 radical (unpaired) electrons. The molecule has 0 aliphatic carbocycles. The van der Waals surface area contributed by atoms with Gasteiger partial charge in [-0.25, -0.2) is 0 Å². The molecule has 0 aliphatic heterocycles. The predicted octanol–water partition coefficient (Wildman–Crippen LogP) is 1.60. The van der Waals surface area contributed by atoms with Crippen molar-refractivity contribution in [2.75, 3.05) is 0 Å². The summed E-state index contributed by atoms with van der Waals surface area (Å²) in [5.74, 6) is 0.227. The third-order valence-electron chi connectivity index (χ3n) is 3.04. The van der Waals surface area contributed by atoms with Crippen LogP contribution in [0.5, 0.6) is 5.75 Å². The molecule has 0 fully saturated rings. The number of furan rings is 1. The minimum absolute atomic E-state index is 0.393. The molecule has 0 aliphatic rings. The molecule has 0 bridgehead atoms. The standard InChI is InChI=1S/C15H18N2O3/c1-15(17,14(16)18)8-11-2-4-13(5-3-11)20-10-12-6-7-19-9-12/h2-7,9H,8,10,17H2,1H3,(H2,16,18). The van der Waals surface area contributed by atoms with Gasteiger partial charge < -0.3 is 20.6 Å². The average Bonchev–Trinajstić information content (AvgIpc) is 2.90. The fourth-order valence-corrected chi connectivity index (χ4v) is 1.76. The third-order valence-corrected chi connectivity index (χ3v) is 3.04. The van der Waals surface area contributed by atoms with Gasteiger partial charge in [-0.3, -0.25) is 4.79 Å². The van der Waals surface area contributed by atoms with Gasteiger partial charge in [-0.05, 0) is 37.1 Å². The van der Waals surface area contributed by atoms with Crippen molar-refractivity contribution < 1.29 is 13.9 Å². The molecule has 1 atom stereocenters. The van der Waals surface area contributed by atoms with E-state index in [9.17, 15) is 4.79 Å². The summed E-state index contributed by atoms with van der Waals surface area (Å²) in [6.07, 6.45) is 3.64. The normalized spacial score (nSPS) is 13.7. The van der Waals surface area contributed by atoms with Crippen molar-refractivity contribution in [3.05, 3.63) is 54.0 Å². The summed E-state index contributed by atoms with van der Waals surface area (Å²) in [6.45, 7) is 2.07. The smallest absolute Gasteiger partial charge is 0.237 e. The number of primary amides is 1. The number of ether oxygens (including phenoxy) is 1. The minimum atomic E-state index is -1.04. The van der Waals surface area contributed by atoms with E-state index in [2.05, 4.69) is 0 Å². The number of nitrogens with two attached hydrogens (primary N) is 2. The molecule has 1 aromatic heterocycles. The first kappa shape index (κ1) is 14.1. The molecule has 2 aromatic rings. The molecule has 0 saturated carbocycles. The summed E-state index contributed by atoms with van der Waals surface area (Å²) < 4.78 is 10.6. The molecule has 106 valence electrons. The zero-order valence-corrected chi connectivity index (χ0v) is 11.3. The lowest BCUT2D eigenvalue weighted by atomic mass is 9.93. The summed E-state index contributed by atoms with van der Waals surface area (Å²) in [6, 6.07) is 9.28. The fraction of sp³-hybridized carbons (Fsp3) is 0.267. The van der Waals surface area contributed by atoms with Crippen molar-refractivity contribution in [3.63, 3.8) is 0 Å². The lowest BCUT2D eigenvalue weighted by Gasteiger charge is -2.20. The zero-order valence-electron chi connectivity index (χ0n) is 11.3. The summed E-state index contributed by atoms with van der Waals surface area (Å²) in [5.41, 5.74) is 12.0. The number of hydrogen-bond acceptors (Lipinski definition) is 4. The maximum absolute atomic E-state index is 11.2. The van der Waals surface area contributed by atoms with Gasteiger partial charge in [0.1, 0.15) is 12.4 Å². The molecule has 1 heterocycles. The van der Waals surface area contributed by atoms with E-state index in [0.717, 1.165) is 16.9 Å². The average molecular weight is 274 g/mol. The summed E-state index contributed by atoms with van der Waals surface area (Å²) in [4.78, 5) is 11.2. The predicted molar refractivity (Wildman–Crippen MR) is 75.0 cm³/mol. The van der Waals surface area contributed by atoms with Crippen LogP contribution in [0.25, 0.3) is 0 Å². The van der Waals surface area contributed by atoms with E-state index in [-0.39, 0.29) is 0 Å².